The summed E-state index contributed by atoms with van der Waals surface area (Å²) >= 11 is 0. The summed E-state index contributed by atoms with van der Waals surface area (Å²) in [5.41, 5.74) is 0.995. The van der Waals surface area contributed by atoms with E-state index in [0.29, 0.717) is 13.1 Å². The average Bonchev–Trinajstić information content (AvgIpc) is 3.43. The Hall–Kier alpha value is -1.91. The molecule has 23 heavy (non-hydrogen) atoms. The minimum atomic E-state index is -0.691. The summed E-state index contributed by atoms with van der Waals surface area (Å²) in [5, 5.41) is 9.12. The zero-order chi connectivity index (χ0) is 16.2. The SMILES string of the molecule is O=C(O)C1CC12CCN(C(=O)C1CC1c1ccc(F)cc1)CC2. The van der Waals surface area contributed by atoms with E-state index in [1.807, 2.05) is 4.90 Å². The Kier molecular flexibility index (Phi) is 3.22. The first-order valence-electron chi connectivity index (χ1n) is 8.27. The molecule has 1 saturated heterocycles. The zero-order valence-corrected chi connectivity index (χ0v) is 12.9. The number of piperidine rings is 1. The van der Waals surface area contributed by atoms with Crippen molar-refractivity contribution in [1.82, 2.24) is 4.90 Å². The van der Waals surface area contributed by atoms with Crippen LogP contribution in [0.5, 0.6) is 0 Å². The van der Waals surface area contributed by atoms with Gasteiger partial charge in [-0.25, -0.2) is 4.39 Å². The number of amides is 1. The highest BCUT2D eigenvalue weighted by molar-refractivity contribution is 5.83. The predicted molar refractivity (Wildman–Crippen MR) is 81.2 cm³/mol. The van der Waals surface area contributed by atoms with E-state index in [0.717, 1.165) is 31.2 Å². The number of rotatable bonds is 3. The van der Waals surface area contributed by atoms with E-state index in [-0.39, 0.29) is 34.9 Å². The van der Waals surface area contributed by atoms with Gasteiger partial charge in [0.15, 0.2) is 0 Å². The maximum absolute atomic E-state index is 13.0. The van der Waals surface area contributed by atoms with Gasteiger partial charge in [-0.2, -0.15) is 0 Å². The molecule has 2 aliphatic carbocycles. The summed E-state index contributed by atoms with van der Waals surface area (Å²) in [4.78, 5) is 25.6. The number of carbonyl (C=O) groups is 2. The van der Waals surface area contributed by atoms with Crippen LogP contribution in [0.2, 0.25) is 0 Å². The van der Waals surface area contributed by atoms with Gasteiger partial charge in [0, 0.05) is 19.0 Å². The molecule has 3 unspecified atom stereocenters. The number of nitrogens with zero attached hydrogens (tertiary/aromatic N) is 1. The molecule has 0 bridgehead atoms. The van der Waals surface area contributed by atoms with Crippen LogP contribution in [0.15, 0.2) is 24.3 Å². The van der Waals surface area contributed by atoms with Gasteiger partial charge in [0.2, 0.25) is 5.91 Å². The second-order valence-electron chi connectivity index (χ2n) is 7.28. The molecule has 3 aliphatic rings. The summed E-state index contributed by atoms with van der Waals surface area (Å²) in [6.07, 6.45) is 3.23. The first kappa shape index (κ1) is 14.7. The molecule has 0 radical (unpaired) electrons. The third-order valence-corrected chi connectivity index (χ3v) is 5.96. The standard InChI is InChI=1S/C18H20FNO3/c19-12-3-1-11(2-4-12)13-9-14(13)16(21)20-7-5-18(6-8-20)10-15(18)17(22)23/h1-4,13-15H,5-10H2,(H,22,23). The summed E-state index contributed by atoms with van der Waals surface area (Å²) in [5.74, 6) is -0.732. The highest BCUT2D eigenvalue weighted by Crippen LogP contribution is 2.60. The lowest BCUT2D eigenvalue weighted by Gasteiger charge is -2.33. The van der Waals surface area contributed by atoms with Crippen molar-refractivity contribution < 1.29 is 19.1 Å². The Labute approximate surface area is 134 Å². The van der Waals surface area contributed by atoms with Gasteiger partial charge in [0.25, 0.3) is 0 Å². The fourth-order valence-electron chi connectivity index (χ4n) is 4.20. The van der Waals surface area contributed by atoms with E-state index in [1.54, 1.807) is 12.1 Å². The van der Waals surface area contributed by atoms with Crippen LogP contribution in [0, 0.1) is 23.1 Å². The third-order valence-electron chi connectivity index (χ3n) is 5.96. The second kappa shape index (κ2) is 5.05. The molecule has 1 N–H and O–H groups in total. The van der Waals surface area contributed by atoms with Crippen LogP contribution < -0.4 is 0 Å². The topological polar surface area (TPSA) is 57.6 Å². The average molecular weight is 317 g/mol. The second-order valence-corrected chi connectivity index (χ2v) is 7.28. The van der Waals surface area contributed by atoms with Gasteiger partial charge in [0.1, 0.15) is 5.82 Å². The number of carboxylic acid groups (broad SMARTS) is 1. The number of carboxylic acids is 1. The Morgan fingerprint density at radius 3 is 2.39 bits per heavy atom. The fourth-order valence-corrected chi connectivity index (χ4v) is 4.20. The first-order chi connectivity index (χ1) is 11.0. The van der Waals surface area contributed by atoms with Crippen LogP contribution in [0.3, 0.4) is 0 Å². The van der Waals surface area contributed by atoms with Crippen molar-refractivity contribution in [2.45, 2.75) is 31.6 Å². The van der Waals surface area contributed by atoms with Gasteiger partial charge in [-0.15, -0.1) is 0 Å². The summed E-state index contributed by atoms with van der Waals surface area (Å²) in [7, 11) is 0. The lowest BCUT2D eigenvalue weighted by molar-refractivity contribution is -0.140. The van der Waals surface area contributed by atoms with Crippen molar-refractivity contribution in [2.24, 2.45) is 17.3 Å². The van der Waals surface area contributed by atoms with Crippen LogP contribution in [0.25, 0.3) is 0 Å². The van der Waals surface area contributed by atoms with Crippen molar-refractivity contribution in [3.8, 4) is 0 Å². The molecule has 1 aromatic carbocycles. The van der Waals surface area contributed by atoms with E-state index in [2.05, 4.69) is 0 Å². The lowest BCUT2D eigenvalue weighted by Crippen LogP contribution is -2.41. The largest absolute Gasteiger partial charge is 0.481 e. The zero-order valence-electron chi connectivity index (χ0n) is 12.9. The van der Waals surface area contributed by atoms with Crippen LogP contribution in [-0.4, -0.2) is 35.0 Å². The molecule has 3 atom stereocenters. The quantitative estimate of drug-likeness (QED) is 0.932. The molecule has 1 aliphatic heterocycles. The summed E-state index contributed by atoms with van der Waals surface area (Å²) < 4.78 is 13.0. The number of benzene rings is 1. The molecular formula is C18H20FNO3. The number of carbonyl (C=O) groups excluding carboxylic acids is 1. The van der Waals surface area contributed by atoms with Gasteiger partial charge in [0.05, 0.1) is 5.92 Å². The molecule has 122 valence electrons. The van der Waals surface area contributed by atoms with Gasteiger partial charge >= 0.3 is 5.97 Å². The summed E-state index contributed by atoms with van der Waals surface area (Å²) in [6.45, 7) is 1.35. The van der Waals surface area contributed by atoms with Crippen molar-refractivity contribution in [2.75, 3.05) is 13.1 Å². The lowest BCUT2D eigenvalue weighted by atomic mass is 9.90. The molecule has 4 nitrogen and oxygen atoms in total. The van der Waals surface area contributed by atoms with Gasteiger partial charge in [-0.05, 0) is 54.7 Å². The Bertz CT molecular complexity index is 649. The Morgan fingerprint density at radius 2 is 1.83 bits per heavy atom. The number of hydrogen-bond acceptors (Lipinski definition) is 2. The highest BCUT2D eigenvalue weighted by atomic mass is 19.1. The van der Waals surface area contributed by atoms with E-state index in [4.69, 9.17) is 5.11 Å². The Balaban J connectivity index is 1.33. The van der Waals surface area contributed by atoms with Crippen LogP contribution >= 0.6 is 0 Å². The smallest absolute Gasteiger partial charge is 0.307 e. The van der Waals surface area contributed by atoms with Crippen LogP contribution in [0.4, 0.5) is 4.39 Å². The van der Waals surface area contributed by atoms with Crippen molar-refractivity contribution in [3.05, 3.63) is 35.6 Å². The van der Waals surface area contributed by atoms with Crippen LogP contribution in [0.1, 0.15) is 37.2 Å². The molecule has 1 heterocycles. The Morgan fingerprint density at radius 1 is 1.17 bits per heavy atom. The van der Waals surface area contributed by atoms with Crippen molar-refractivity contribution >= 4 is 11.9 Å². The van der Waals surface area contributed by atoms with Gasteiger partial charge in [-0.3, -0.25) is 9.59 Å². The van der Waals surface area contributed by atoms with Crippen LogP contribution in [-0.2, 0) is 9.59 Å². The van der Waals surface area contributed by atoms with Crippen molar-refractivity contribution in [3.63, 3.8) is 0 Å². The molecule has 1 amide bonds. The summed E-state index contributed by atoms with van der Waals surface area (Å²) in [6, 6.07) is 6.41. The number of hydrogen-bond donors (Lipinski definition) is 1. The monoisotopic (exact) mass is 317 g/mol. The van der Waals surface area contributed by atoms with E-state index < -0.39 is 5.97 Å². The number of halogens is 1. The van der Waals surface area contributed by atoms with E-state index in [1.165, 1.54) is 12.1 Å². The molecule has 4 rings (SSSR count). The number of likely N-dealkylation sites (tertiary alicyclic amines) is 1. The normalized spacial score (nSPS) is 31.0. The van der Waals surface area contributed by atoms with E-state index in [9.17, 15) is 14.0 Å². The maximum atomic E-state index is 13.0. The molecule has 3 fully saturated rings. The maximum Gasteiger partial charge on any atom is 0.307 e. The van der Waals surface area contributed by atoms with Crippen molar-refractivity contribution in [1.29, 1.82) is 0 Å². The minimum absolute atomic E-state index is 0.0176. The molecule has 5 heteroatoms. The molecule has 2 saturated carbocycles. The first-order valence-corrected chi connectivity index (χ1v) is 8.27. The van der Waals surface area contributed by atoms with Gasteiger partial charge in [-0.1, -0.05) is 12.1 Å². The third kappa shape index (κ3) is 2.52. The van der Waals surface area contributed by atoms with E-state index >= 15 is 0 Å². The fraction of sp³-hybridized carbons (Fsp3) is 0.556. The predicted octanol–water partition coefficient (Wildman–Crippen LogP) is 2.64. The molecule has 1 spiro atoms. The molecular weight excluding hydrogens is 297 g/mol. The minimum Gasteiger partial charge on any atom is -0.481 e. The number of aliphatic carboxylic acids is 1. The highest BCUT2D eigenvalue weighted by Gasteiger charge is 2.59. The van der Waals surface area contributed by atoms with Gasteiger partial charge < -0.3 is 10.0 Å². The molecule has 0 aromatic heterocycles. The molecule has 1 aromatic rings.